The minimum absolute atomic E-state index is 0.135. The van der Waals surface area contributed by atoms with Crippen LogP contribution in [-0.2, 0) is 6.54 Å². The Morgan fingerprint density at radius 1 is 1.52 bits per heavy atom. The van der Waals surface area contributed by atoms with Gasteiger partial charge < -0.3 is 10.4 Å². The average molecular weight is 296 g/mol. The van der Waals surface area contributed by atoms with Gasteiger partial charge in [0.05, 0.1) is 18.8 Å². The van der Waals surface area contributed by atoms with E-state index in [-0.39, 0.29) is 11.5 Å². The summed E-state index contributed by atoms with van der Waals surface area (Å²) < 4.78 is 6.19. The number of hydrogen-bond donors (Lipinski definition) is 4. The molecular weight excluding hydrogens is 280 g/mol. The number of aliphatic hydroxyl groups excluding tert-OH is 1. The van der Waals surface area contributed by atoms with E-state index in [1.54, 1.807) is 17.8 Å². The zero-order valence-electron chi connectivity index (χ0n) is 11.6. The average Bonchev–Trinajstić information content (AvgIpc) is 3.10. The number of aromatic nitrogens is 5. The van der Waals surface area contributed by atoms with Gasteiger partial charge in [0, 0.05) is 13.6 Å². The molecule has 0 saturated carbocycles. The highest BCUT2D eigenvalue weighted by molar-refractivity contribution is 5.99. The van der Waals surface area contributed by atoms with Gasteiger partial charge in [-0.2, -0.15) is 0 Å². The predicted octanol–water partition coefficient (Wildman–Crippen LogP) is -0.818. The Balaban J connectivity index is 1.93. The number of rotatable bonds is 6. The maximum absolute atomic E-state index is 9.36. The molecule has 2 rings (SSSR count). The molecule has 0 radical (unpaired) electrons. The Morgan fingerprint density at radius 2 is 2.33 bits per heavy atom. The predicted molar refractivity (Wildman–Crippen MR) is 70.8 cm³/mol. The van der Waals surface area contributed by atoms with Crippen molar-refractivity contribution in [3.05, 3.63) is 17.6 Å². The third-order valence-electron chi connectivity index (χ3n) is 2.66. The largest absolute Gasteiger partial charge is 0.387 e. The normalized spacial score (nSPS) is 13.2. The maximum atomic E-state index is 9.36. The van der Waals surface area contributed by atoms with Crippen molar-refractivity contribution in [3.63, 3.8) is 0 Å². The summed E-state index contributed by atoms with van der Waals surface area (Å²) in [5.74, 6) is 0.476. The molecule has 0 spiro atoms. The Kier molecular flexibility index (Phi) is 4.79. The highest BCUT2D eigenvalue weighted by atomic mass is 16.6. The molecule has 0 aliphatic rings. The van der Waals surface area contributed by atoms with Gasteiger partial charge in [-0.3, -0.25) is 20.4 Å². The number of nitrogens with one attached hydrogen (secondary N) is 2. The van der Waals surface area contributed by atoms with Gasteiger partial charge >= 0.3 is 0 Å². The first-order valence-corrected chi connectivity index (χ1v) is 6.17. The number of aliphatic imine (C=N–C) groups is 1. The first-order chi connectivity index (χ1) is 10.2. The molecule has 0 aromatic carbocycles. The third kappa shape index (κ3) is 3.52. The van der Waals surface area contributed by atoms with E-state index in [1.165, 1.54) is 7.05 Å². The van der Waals surface area contributed by atoms with Gasteiger partial charge in [-0.1, -0.05) is 5.21 Å². The van der Waals surface area contributed by atoms with Crippen LogP contribution in [0.25, 0.3) is 0 Å². The Bertz CT molecular complexity index is 605. The molecule has 114 valence electrons. The molecule has 0 bridgehead atoms. The first-order valence-electron chi connectivity index (χ1n) is 6.17. The fourth-order valence-electron chi connectivity index (χ4n) is 1.57. The summed E-state index contributed by atoms with van der Waals surface area (Å²) in [5.41, 5.74) is 2.68. The molecule has 0 fully saturated rings. The molecule has 2 aromatic heterocycles. The van der Waals surface area contributed by atoms with Crippen molar-refractivity contribution < 1.29 is 14.9 Å². The lowest BCUT2D eigenvalue weighted by Crippen LogP contribution is -2.22. The molecule has 21 heavy (non-hydrogen) atoms. The second kappa shape index (κ2) is 6.76. The van der Waals surface area contributed by atoms with E-state index in [0.29, 0.717) is 24.6 Å². The zero-order valence-corrected chi connectivity index (χ0v) is 11.6. The molecule has 2 aromatic rings. The third-order valence-corrected chi connectivity index (χ3v) is 2.66. The van der Waals surface area contributed by atoms with E-state index in [4.69, 9.17) is 5.21 Å². The van der Waals surface area contributed by atoms with Crippen molar-refractivity contribution in [2.24, 2.45) is 4.99 Å². The lowest BCUT2D eigenvalue weighted by Gasteiger charge is -2.04. The summed E-state index contributed by atoms with van der Waals surface area (Å²) in [7, 11) is 1.49. The first kappa shape index (κ1) is 14.9. The monoisotopic (exact) mass is 296 g/mol. The molecule has 2 heterocycles. The second-order valence-corrected chi connectivity index (χ2v) is 4.15. The van der Waals surface area contributed by atoms with E-state index in [9.17, 15) is 5.11 Å². The van der Waals surface area contributed by atoms with Gasteiger partial charge in [0.2, 0.25) is 5.82 Å². The molecule has 0 saturated heterocycles. The van der Waals surface area contributed by atoms with Crippen molar-refractivity contribution in [3.8, 4) is 0 Å². The highest BCUT2D eigenvalue weighted by Gasteiger charge is 2.15. The minimum Gasteiger partial charge on any atom is -0.387 e. The van der Waals surface area contributed by atoms with Gasteiger partial charge in [-0.15, -0.1) is 5.10 Å². The smallest absolute Gasteiger partial charge is 0.202 e. The van der Waals surface area contributed by atoms with E-state index in [1.807, 2.05) is 5.48 Å². The van der Waals surface area contributed by atoms with Crippen molar-refractivity contribution in [2.75, 3.05) is 18.9 Å². The Morgan fingerprint density at radius 3 is 2.95 bits per heavy atom. The SMILES string of the molecule is CN=C(NO)c1nonc1NCCn1cc(C(C)O)nn1. The van der Waals surface area contributed by atoms with Crippen LogP contribution in [0.15, 0.2) is 15.8 Å². The van der Waals surface area contributed by atoms with Crippen molar-refractivity contribution >= 4 is 11.7 Å². The number of nitrogens with zero attached hydrogens (tertiary/aromatic N) is 6. The Labute approximate surface area is 119 Å². The summed E-state index contributed by atoms with van der Waals surface area (Å²) in [4.78, 5) is 3.80. The lowest BCUT2D eigenvalue weighted by atomic mass is 10.3. The molecule has 4 N–H and O–H groups in total. The van der Waals surface area contributed by atoms with Crippen LogP contribution >= 0.6 is 0 Å². The fraction of sp³-hybridized carbons (Fsp3) is 0.500. The van der Waals surface area contributed by atoms with Gasteiger partial charge in [-0.05, 0) is 17.2 Å². The second-order valence-electron chi connectivity index (χ2n) is 4.15. The van der Waals surface area contributed by atoms with Crippen molar-refractivity contribution in [1.29, 1.82) is 0 Å². The summed E-state index contributed by atoms with van der Waals surface area (Å²) in [6, 6.07) is 0. The summed E-state index contributed by atoms with van der Waals surface area (Å²) in [6.45, 7) is 2.58. The van der Waals surface area contributed by atoms with Crippen LogP contribution in [0.2, 0.25) is 0 Å². The minimum atomic E-state index is -0.656. The van der Waals surface area contributed by atoms with Crippen LogP contribution in [0.4, 0.5) is 5.82 Å². The quantitative estimate of drug-likeness (QED) is 0.305. The van der Waals surface area contributed by atoms with E-state index in [0.717, 1.165) is 0 Å². The van der Waals surface area contributed by atoms with Crippen LogP contribution < -0.4 is 10.8 Å². The molecular formula is C10H16N8O3. The molecule has 0 aliphatic heterocycles. The van der Waals surface area contributed by atoms with E-state index in [2.05, 4.69) is 35.6 Å². The molecule has 11 nitrogen and oxygen atoms in total. The van der Waals surface area contributed by atoms with Crippen LogP contribution in [0.5, 0.6) is 0 Å². The van der Waals surface area contributed by atoms with Crippen LogP contribution in [-0.4, -0.2) is 55.0 Å². The maximum Gasteiger partial charge on any atom is 0.202 e. The van der Waals surface area contributed by atoms with Crippen molar-refractivity contribution in [2.45, 2.75) is 19.6 Å². The molecule has 1 atom stereocenters. The van der Waals surface area contributed by atoms with Gasteiger partial charge in [-0.25, -0.2) is 4.63 Å². The fourth-order valence-corrected chi connectivity index (χ4v) is 1.57. The van der Waals surface area contributed by atoms with Crippen LogP contribution in [0.3, 0.4) is 0 Å². The number of aliphatic hydroxyl groups is 1. The van der Waals surface area contributed by atoms with Crippen LogP contribution in [0, 0.1) is 0 Å². The molecule has 1 unspecified atom stereocenters. The topological polar surface area (TPSA) is 147 Å². The molecule has 0 amide bonds. The van der Waals surface area contributed by atoms with Crippen molar-refractivity contribution in [1.82, 2.24) is 30.8 Å². The number of hydrogen-bond acceptors (Lipinski definition) is 9. The summed E-state index contributed by atoms with van der Waals surface area (Å²) in [5, 5.41) is 36.3. The molecule has 11 heteroatoms. The Hall–Kier alpha value is -2.53. The zero-order chi connectivity index (χ0) is 15.2. The number of amidine groups is 1. The lowest BCUT2D eigenvalue weighted by molar-refractivity contribution is 0.194. The van der Waals surface area contributed by atoms with E-state index >= 15 is 0 Å². The number of anilines is 1. The van der Waals surface area contributed by atoms with Gasteiger partial charge in [0.1, 0.15) is 5.69 Å². The molecule has 0 aliphatic carbocycles. The van der Waals surface area contributed by atoms with Gasteiger partial charge in [0.15, 0.2) is 11.5 Å². The van der Waals surface area contributed by atoms with Crippen LogP contribution in [0.1, 0.15) is 24.4 Å². The highest BCUT2D eigenvalue weighted by Crippen LogP contribution is 2.10. The standard InChI is InChI=1S/C10H16N8O3/c1-6(19)7-5-18(17-13-7)4-3-12-10-8(15-21-16-10)9(11-2)14-20/h5-6,19-20H,3-4H2,1-2H3,(H,11,14)(H,12,16). The summed E-state index contributed by atoms with van der Waals surface area (Å²) in [6.07, 6.45) is 1.000. The summed E-state index contributed by atoms with van der Waals surface area (Å²) >= 11 is 0. The van der Waals surface area contributed by atoms with E-state index < -0.39 is 6.10 Å². The number of hydroxylamine groups is 1. The van der Waals surface area contributed by atoms with Gasteiger partial charge in [0.25, 0.3) is 0 Å².